The molecule has 1 saturated carbocycles. The van der Waals surface area contributed by atoms with Gasteiger partial charge < -0.3 is 4.74 Å². The smallest absolute Gasteiger partial charge is 0.182 e. The Balaban J connectivity index is 1.48. The Morgan fingerprint density at radius 3 is 2.76 bits per heavy atom. The van der Waals surface area contributed by atoms with E-state index in [9.17, 15) is 0 Å². The second-order valence-corrected chi connectivity index (χ2v) is 9.27. The molecule has 0 radical (unpaired) electrons. The fraction of sp³-hybridized carbons (Fsp3) is 0.400. The molecular weight excluding hydrogens is 455 g/mol. The summed E-state index contributed by atoms with van der Waals surface area (Å²) in [6, 6.07) is 4.63. The van der Waals surface area contributed by atoms with Gasteiger partial charge >= 0.3 is 0 Å². The molecule has 174 valence electrons. The number of aromatic nitrogens is 6. The van der Waals surface area contributed by atoms with Gasteiger partial charge in [0.1, 0.15) is 22.9 Å². The summed E-state index contributed by atoms with van der Waals surface area (Å²) in [5.41, 5.74) is 2.86. The standard InChI is InChI=1S/C25H24ClFN6O/c1-13-14(2)30-25-23(29-13)22(19-6-3-17(26)10-20(19)27)31-24(32-25)15-7-8-34-21(9-15)16-11-28-33(12-16)18-4-5-18/h3,6,10-12,15,18,21H,4-5,7-9H2,1-2H3/t15-,21+/m1/s1/i8D2,21D. The lowest BCUT2D eigenvalue weighted by Crippen LogP contribution is -2.20. The Morgan fingerprint density at radius 2 is 1.97 bits per heavy atom. The zero-order valence-electron chi connectivity index (χ0n) is 21.7. The molecule has 1 aliphatic carbocycles. The highest BCUT2D eigenvalue weighted by Gasteiger charge is 2.31. The maximum Gasteiger partial charge on any atom is 0.182 e. The van der Waals surface area contributed by atoms with Gasteiger partial charge in [-0.15, -0.1) is 0 Å². The summed E-state index contributed by atoms with van der Waals surface area (Å²) in [5.74, 6) is -0.914. The van der Waals surface area contributed by atoms with Crippen LogP contribution in [0.2, 0.25) is 5.02 Å². The van der Waals surface area contributed by atoms with E-state index in [2.05, 4.69) is 20.1 Å². The van der Waals surface area contributed by atoms with Crippen LogP contribution < -0.4 is 0 Å². The molecule has 4 heterocycles. The lowest BCUT2D eigenvalue weighted by molar-refractivity contribution is 0.00396. The van der Waals surface area contributed by atoms with E-state index < -0.39 is 24.4 Å². The van der Waals surface area contributed by atoms with E-state index in [4.69, 9.17) is 25.4 Å². The first kappa shape index (κ1) is 18.4. The van der Waals surface area contributed by atoms with E-state index in [1.807, 2.05) is 11.6 Å². The minimum atomic E-state index is -2.12. The lowest BCUT2D eigenvalue weighted by Gasteiger charge is -2.28. The summed E-state index contributed by atoms with van der Waals surface area (Å²) >= 11 is 5.98. The maximum absolute atomic E-state index is 15.0. The Hall–Kier alpha value is -2.97. The first-order chi connectivity index (χ1) is 17.5. The third-order valence-corrected chi connectivity index (χ3v) is 6.55. The molecule has 0 amide bonds. The number of fused-ring (bicyclic) bond motifs is 1. The van der Waals surface area contributed by atoms with E-state index in [-0.39, 0.29) is 40.6 Å². The normalized spacial score (nSPS) is 25.6. The van der Waals surface area contributed by atoms with Gasteiger partial charge in [0.25, 0.3) is 0 Å². The average molecular weight is 482 g/mol. The Bertz CT molecular complexity index is 1540. The minimum Gasteiger partial charge on any atom is -0.373 e. The highest BCUT2D eigenvalue weighted by molar-refractivity contribution is 6.30. The topological polar surface area (TPSA) is 78.6 Å². The zero-order chi connectivity index (χ0) is 26.1. The van der Waals surface area contributed by atoms with E-state index in [1.54, 1.807) is 25.4 Å². The third-order valence-electron chi connectivity index (χ3n) is 6.31. The Morgan fingerprint density at radius 1 is 1.15 bits per heavy atom. The van der Waals surface area contributed by atoms with Crippen molar-refractivity contribution in [1.29, 1.82) is 0 Å². The summed E-state index contributed by atoms with van der Waals surface area (Å²) < 4.78 is 48.5. The summed E-state index contributed by atoms with van der Waals surface area (Å²) in [7, 11) is 0. The average Bonchev–Trinajstić information content (AvgIpc) is 3.54. The first-order valence-corrected chi connectivity index (χ1v) is 11.6. The highest BCUT2D eigenvalue weighted by Crippen LogP contribution is 2.40. The van der Waals surface area contributed by atoms with Crippen LogP contribution in [0.1, 0.15) is 70.6 Å². The second-order valence-electron chi connectivity index (χ2n) is 8.84. The van der Waals surface area contributed by atoms with E-state index in [0.29, 0.717) is 28.5 Å². The van der Waals surface area contributed by atoms with E-state index in [1.165, 1.54) is 12.1 Å². The number of halogens is 2. The molecule has 34 heavy (non-hydrogen) atoms. The fourth-order valence-electron chi connectivity index (χ4n) is 4.13. The van der Waals surface area contributed by atoms with Gasteiger partial charge in [0.15, 0.2) is 5.65 Å². The van der Waals surface area contributed by atoms with Crippen molar-refractivity contribution in [3.8, 4) is 11.3 Å². The molecule has 2 aliphatic rings. The van der Waals surface area contributed by atoms with Crippen molar-refractivity contribution in [2.24, 2.45) is 0 Å². The number of benzene rings is 1. The number of ether oxygens (including phenoxy) is 1. The third kappa shape index (κ3) is 3.95. The highest BCUT2D eigenvalue weighted by atomic mass is 35.5. The number of hydrogen-bond acceptors (Lipinski definition) is 6. The van der Waals surface area contributed by atoms with Crippen molar-refractivity contribution in [3.05, 3.63) is 64.2 Å². The van der Waals surface area contributed by atoms with Crippen LogP contribution in [0.5, 0.6) is 0 Å². The van der Waals surface area contributed by atoms with Gasteiger partial charge in [-0.3, -0.25) is 4.68 Å². The van der Waals surface area contributed by atoms with Crippen LogP contribution in [0.4, 0.5) is 4.39 Å². The summed E-state index contributed by atoms with van der Waals surface area (Å²) in [6.07, 6.45) is 3.72. The largest absolute Gasteiger partial charge is 0.373 e. The summed E-state index contributed by atoms with van der Waals surface area (Å²) in [6.45, 7) is 1.50. The molecule has 1 aromatic carbocycles. The molecule has 2 fully saturated rings. The fourth-order valence-corrected chi connectivity index (χ4v) is 4.29. The number of aryl methyl sites for hydroxylation is 2. The molecule has 1 aliphatic heterocycles. The molecule has 7 nitrogen and oxygen atoms in total. The monoisotopic (exact) mass is 481 g/mol. The van der Waals surface area contributed by atoms with Gasteiger partial charge in [0.05, 0.1) is 33.8 Å². The van der Waals surface area contributed by atoms with Gasteiger partial charge in [-0.1, -0.05) is 11.6 Å². The van der Waals surface area contributed by atoms with Gasteiger partial charge in [-0.05, 0) is 57.7 Å². The first-order valence-electron chi connectivity index (χ1n) is 12.7. The molecule has 0 N–H and O–H groups in total. The molecule has 0 bridgehead atoms. The van der Waals surface area contributed by atoms with Gasteiger partial charge in [0, 0.05) is 34.8 Å². The summed E-state index contributed by atoms with van der Waals surface area (Å²) in [5, 5.41) is 4.62. The van der Waals surface area contributed by atoms with Crippen molar-refractivity contribution in [2.45, 2.75) is 57.6 Å². The van der Waals surface area contributed by atoms with Crippen molar-refractivity contribution in [3.63, 3.8) is 0 Å². The molecule has 9 heteroatoms. The molecule has 3 aromatic heterocycles. The molecule has 4 aromatic rings. The van der Waals surface area contributed by atoms with Crippen LogP contribution in [-0.4, -0.2) is 36.3 Å². The number of rotatable bonds is 4. The van der Waals surface area contributed by atoms with E-state index in [0.717, 1.165) is 12.8 Å². The van der Waals surface area contributed by atoms with Gasteiger partial charge in [-0.2, -0.15) is 5.10 Å². The molecule has 0 unspecified atom stereocenters. The predicted molar refractivity (Wildman–Crippen MR) is 126 cm³/mol. The van der Waals surface area contributed by atoms with Crippen molar-refractivity contribution in [1.82, 2.24) is 29.7 Å². The van der Waals surface area contributed by atoms with Crippen LogP contribution in [0.3, 0.4) is 0 Å². The van der Waals surface area contributed by atoms with E-state index >= 15 is 4.39 Å². The van der Waals surface area contributed by atoms with Crippen molar-refractivity contribution < 1.29 is 13.2 Å². The molecule has 0 spiro atoms. The number of hydrogen-bond donors (Lipinski definition) is 0. The summed E-state index contributed by atoms with van der Waals surface area (Å²) in [4.78, 5) is 18.5. The SMILES string of the molecule is [2H]C1([2H])C[C@@H](c2nc(-c3ccc(Cl)cc3F)c3nc(C)c(C)nc3n2)C[C@@]([2H])(c2cnn(C3CC3)c2)O1. The van der Waals surface area contributed by atoms with Crippen molar-refractivity contribution >= 4 is 22.8 Å². The maximum atomic E-state index is 15.0. The van der Waals surface area contributed by atoms with Gasteiger partial charge in [0.2, 0.25) is 0 Å². The molecule has 6 rings (SSSR count). The number of nitrogens with zero attached hydrogens (tertiary/aromatic N) is 6. The van der Waals surface area contributed by atoms with Crippen LogP contribution >= 0.6 is 11.6 Å². The van der Waals surface area contributed by atoms with Crippen LogP contribution in [0.25, 0.3) is 22.4 Å². The Kier molecular flexibility index (Phi) is 4.52. The second kappa shape index (κ2) is 8.36. The van der Waals surface area contributed by atoms with Crippen LogP contribution in [0.15, 0.2) is 30.6 Å². The Labute approximate surface area is 205 Å². The molecular formula is C25H24ClFN6O. The molecule has 2 atom stereocenters. The van der Waals surface area contributed by atoms with Gasteiger partial charge in [-0.25, -0.2) is 24.3 Å². The molecule has 1 saturated heterocycles. The lowest BCUT2D eigenvalue weighted by atomic mass is 9.92. The zero-order valence-corrected chi connectivity index (χ0v) is 19.5. The minimum absolute atomic E-state index is 0.0727. The van der Waals surface area contributed by atoms with Crippen molar-refractivity contribution in [2.75, 3.05) is 6.56 Å². The predicted octanol–water partition coefficient (Wildman–Crippen LogP) is 5.66. The van der Waals surface area contributed by atoms with Crippen LogP contribution in [-0.2, 0) is 4.74 Å². The van der Waals surface area contributed by atoms with Crippen LogP contribution in [0, 0.1) is 19.7 Å². The quantitative estimate of drug-likeness (QED) is 0.374.